The van der Waals surface area contributed by atoms with Crippen LogP contribution in [0.2, 0.25) is 0 Å². The van der Waals surface area contributed by atoms with Gasteiger partial charge in [-0.05, 0) is 57.4 Å². The molecule has 160 valence electrons. The van der Waals surface area contributed by atoms with E-state index < -0.39 is 0 Å². The van der Waals surface area contributed by atoms with E-state index in [0.29, 0.717) is 12.5 Å². The number of nitrogens with one attached hydrogen (secondary N) is 1. The third-order valence-corrected chi connectivity index (χ3v) is 5.14. The summed E-state index contributed by atoms with van der Waals surface area (Å²) in [5.74, 6) is 0.738. The number of halogens is 1. The summed E-state index contributed by atoms with van der Waals surface area (Å²) in [5, 5.41) is 4.99. The summed E-state index contributed by atoms with van der Waals surface area (Å²) in [6.45, 7) is 0.299. The number of hydrazone groups is 1. The molecule has 0 aliphatic heterocycles. The number of amides is 1. The van der Waals surface area contributed by atoms with Gasteiger partial charge in [0.25, 0.3) is 5.91 Å². The monoisotopic (exact) mass is 489 g/mol. The first-order chi connectivity index (χ1) is 15.7. The van der Waals surface area contributed by atoms with Gasteiger partial charge in [0.1, 0.15) is 12.4 Å². The van der Waals surface area contributed by atoms with Gasteiger partial charge in [0.15, 0.2) is 6.61 Å². The second kappa shape index (κ2) is 10.5. The first-order valence-corrected chi connectivity index (χ1v) is 10.7. The van der Waals surface area contributed by atoms with Crippen molar-refractivity contribution in [2.45, 2.75) is 6.61 Å². The van der Waals surface area contributed by atoms with Gasteiger partial charge in [-0.1, -0.05) is 48.5 Å². The van der Waals surface area contributed by atoms with Crippen LogP contribution in [0.1, 0.15) is 11.1 Å². The van der Waals surface area contributed by atoms with Gasteiger partial charge in [-0.3, -0.25) is 4.79 Å². The Bertz CT molecular complexity index is 1250. The highest BCUT2D eigenvalue weighted by molar-refractivity contribution is 9.10. The number of aromatic nitrogens is 1. The van der Waals surface area contributed by atoms with E-state index in [-0.39, 0.29) is 12.5 Å². The van der Waals surface area contributed by atoms with Crippen LogP contribution >= 0.6 is 15.9 Å². The van der Waals surface area contributed by atoms with Crippen molar-refractivity contribution in [2.24, 2.45) is 5.10 Å². The van der Waals surface area contributed by atoms with Crippen LogP contribution in [0.3, 0.4) is 0 Å². The van der Waals surface area contributed by atoms with Gasteiger partial charge < -0.3 is 9.47 Å². The molecule has 1 amide bonds. The quantitative estimate of drug-likeness (QED) is 0.276. The summed E-state index contributed by atoms with van der Waals surface area (Å²) in [6.07, 6.45) is 1.55. The summed E-state index contributed by atoms with van der Waals surface area (Å²) >= 11 is 3.51. The molecule has 4 rings (SSSR count). The van der Waals surface area contributed by atoms with Gasteiger partial charge in [0, 0.05) is 11.5 Å². The van der Waals surface area contributed by atoms with E-state index in [4.69, 9.17) is 9.47 Å². The fourth-order valence-corrected chi connectivity index (χ4v) is 3.44. The molecule has 1 heterocycles. The standard InChI is InChI=1S/C25H20BrN3O3/c26-21-14-19(10-12-23(21)31-16-18-6-2-1-3-7-18)15-27-29-24(30)17-32-25-13-11-20-8-4-5-9-22(20)28-25/h1-15H,16-17H2,(H,29,30)/b27-15-. The lowest BCUT2D eigenvalue weighted by atomic mass is 10.2. The summed E-state index contributed by atoms with van der Waals surface area (Å²) in [5.41, 5.74) is 5.16. The highest BCUT2D eigenvalue weighted by atomic mass is 79.9. The normalized spacial score (nSPS) is 10.9. The highest BCUT2D eigenvalue weighted by Gasteiger charge is 2.05. The topological polar surface area (TPSA) is 72.8 Å². The van der Waals surface area contributed by atoms with Crippen molar-refractivity contribution < 1.29 is 14.3 Å². The van der Waals surface area contributed by atoms with Crippen molar-refractivity contribution in [1.29, 1.82) is 0 Å². The van der Waals surface area contributed by atoms with Crippen molar-refractivity contribution >= 4 is 39.0 Å². The summed E-state index contributed by atoms with van der Waals surface area (Å²) < 4.78 is 12.1. The number of ether oxygens (including phenoxy) is 2. The molecule has 0 saturated heterocycles. The minimum Gasteiger partial charge on any atom is -0.488 e. The summed E-state index contributed by atoms with van der Waals surface area (Å²) in [7, 11) is 0. The third kappa shape index (κ3) is 5.92. The zero-order chi connectivity index (χ0) is 22.2. The molecule has 1 N–H and O–H groups in total. The minimum absolute atomic E-state index is 0.182. The average molecular weight is 490 g/mol. The smallest absolute Gasteiger partial charge is 0.278 e. The van der Waals surface area contributed by atoms with Gasteiger partial charge >= 0.3 is 0 Å². The van der Waals surface area contributed by atoms with Crippen molar-refractivity contribution in [3.8, 4) is 11.6 Å². The summed E-state index contributed by atoms with van der Waals surface area (Å²) in [4.78, 5) is 16.4. The molecule has 3 aromatic carbocycles. The number of carbonyl (C=O) groups excluding carboxylic acids is 1. The molecule has 7 heteroatoms. The Hall–Kier alpha value is -3.71. The molecule has 1 aromatic heterocycles. The number of carbonyl (C=O) groups is 1. The van der Waals surface area contributed by atoms with Crippen LogP contribution in [0.25, 0.3) is 10.9 Å². The Morgan fingerprint density at radius 1 is 0.969 bits per heavy atom. The maximum absolute atomic E-state index is 12.0. The molecule has 0 bridgehead atoms. The first kappa shape index (κ1) is 21.5. The van der Waals surface area contributed by atoms with Crippen molar-refractivity contribution in [3.63, 3.8) is 0 Å². The number of benzene rings is 3. The highest BCUT2D eigenvalue weighted by Crippen LogP contribution is 2.26. The van der Waals surface area contributed by atoms with E-state index in [1.54, 1.807) is 12.3 Å². The zero-order valence-electron chi connectivity index (χ0n) is 17.1. The molecule has 0 unspecified atom stereocenters. The van der Waals surface area contributed by atoms with Crippen LogP contribution in [-0.2, 0) is 11.4 Å². The van der Waals surface area contributed by atoms with E-state index in [9.17, 15) is 4.79 Å². The zero-order valence-corrected chi connectivity index (χ0v) is 18.7. The molecular formula is C25H20BrN3O3. The SMILES string of the molecule is O=C(COc1ccc2ccccc2n1)N/N=C\c1ccc(OCc2ccccc2)c(Br)c1. The van der Waals surface area contributed by atoms with Gasteiger partial charge in [0.2, 0.25) is 5.88 Å². The van der Waals surface area contributed by atoms with E-state index in [1.165, 1.54) is 0 Å². The number of rotatable bonds is 8. The number of hydrogen-bond acceptors (Lipinski definition) is 5. The van der Waals surface area contributed by atoms with Crippen molar-refractivity contribution in [1.82, 2.24) is 10.4 Å². The molecule has 0 aliphatic rings. The van der Waals surface area contributed by atoms with Gasteiger partial charge in [-0.25, -0.2) is 10.4 Å². The predicted molar refractivity (Wildman–Crippen MR) is 128 cm³/mol. The largest absolute Gasteiger partial charge is 0.488 e. The lowest BCUT2D eigenvalue weighted by molar-refractivity contribution is -0.123. The van der Waals surface area contributed by atoms with Crippen LogP contribution in [0.5, 0.6) is 11.6 Å². The predicted octanol–water partition coefficient (Wildman–Crippen LogP) is 5.11. The number of pyridine rings is 1. The number of para-hydroxylation sites is 1. The molecule has 0 saturated carbocycles. The molecule has 0 aliphatic carbocycles. The lowest BCUT2D eigenvalue weighted by Crippen LogP contribution is -2.24. The Balaban J connectivity index is 1.26. The Labute approximate surface area is 194 Å². The van der Waals surface area contributed by atoms with Crippen LogP contribution in [0.15, 0.2) is 94.5 Å². The average Bonchev–Trinajstić information content (AvgIpc) is 2.83. The van der Waals surface area contributed by atoms with E-state index in [2.05, 4.69) is 31.4 Å². The van der Waals surface area contributed by atoms with Gasteiger partial charge in [0.05, 0.1) is 16.2 Å². The lowest BCUT2D eigenvalue weighted by Gasteiger charge is -2.09. The van der Waals surface area contributed by atoms with Crippen LogP contribution < -0.4 is 14.9 Å². The van der Waals surface area contributed by atoms with E-state index in [0.717, 1.165) is 32.3 Å². The molecule has 0 atom stereocenters. The maximum Gasteiger partial charge on any atom is 0.278 e. The Morgan fingerprint density at radius 3 is 2.62 bits per heavy atom. The summed E-state index contributed by atoms with van der Waals surface area (Å²) in [6, 6.07) is 26.9. The Morgan fingerprint density at radius 2 is 1.78 bits per heavy atom. The van der Waals surface area contributed by atoms with Crippen LogP contribution in [0.4, 0.5) is 0 Å². The first-order valence-electron chi connectivity index (χ1n) is 9.94. The number of hydrogen-bond donors (Lipinski definition) is 1. The molecular weight excluding hydrogens is 470 g/mol. The molecule has 0 radical (unpaired) electrons. The second-order valence-corrected chi connectivity index (χ2v) is 7.74. The fourth-order valence-electron chi connectivity index (χ4n) is 2.93. The Kier molecular flexibility index (Phi) is 7.09. The molecule has 0 fully saturated rings. The van der Waals surface area contributed by atoms with Gasteiger partial charge in [-0.15, -0.1) is 0 Å². The maximum atomic E-state index is 12.0. The fraction of sp³-hybridized carbons (Fsp3) is 0.0800. The third-order valence-electron chi connectivity index (χ3n) is 4.52. The second-order valence-electron chi connectivity index (χ2n) is 6.89. The van der Waals surface area contributed by atoms with Crippen molar-refractivity contribution in [2.75, 3.05) is 6.61 Å². The minimum atomic E-state index is -0.377. The van der Waals surface area contributed by atoms with E-state index >= 15 is 0 Å². The molecule has 6 nitrogen and oxygen atoms in total. The van der Waals surface area contributed by atoms with Crippen LogP contribution in [0, 0.1) is 0 Å². The van der Waals surface area contributed by atoms with E-state index in [1.807, 2.05) is 78.9 Å². The number of fused-ring (bicyclic) bond motifs is 1. The van der Waals surface area contributed by atoms with Crippen LogP contribution in [-0.4, -0.2) is 23.7 Å². The van der Waals surface area contributed by atoms with Gasteiger partial charge in [-0.2, -0.15) is 5.10 Å². The molecule has 32 heavy (non-hydrogen) atoms. The molecule has 4 aromatic rings. The number of nitrogens with zero attached hydrogens (tertiary/aromatic N) is 2. The molecule has 0 spiro atoms. The van der Waals surface area contributed by atoms with Crippen molar-refractivity contribution in [3.05, 3.63) is 101 Å².